The van der Waals surface area contributed by atoms with E-state index in [4.69, 9.17) is 34.8 Å². The van der Waals surface area contributed by atoms with E-state index >= 15 is 0 Å². The van der Waals surface area contributed by atoms with Crippen LogP contribution in [-0.2, 0) is 4.79 Å². The number of alkyl halides is 1. The molecule has 1 saturated heterocycles. The van der Waals surface area contributed by atoms with E-state index in [0.717, 1.165) is 25.9 Å². The standard InChI is InChI=1S/C14H16Cl3NO/c15-11-7-10(8-12(16)9-11)13(17)14(19)18-5-3-1-2-4-6-18/h7-9,13H,1-6H2. The van der Waals surface area contributed by atoms with Gasteiger partial charge in [-0.15, -0.1) is 11.6 Å². The highest BCUT2D eigenvalue weighted by Gasteiger charge is 2.25. The zero-order valence-electron chi connectivity index (χ0n) is 10.5. The molecule has 0 radical (unpaired) electrons. The smallest absolute Gasteiger partial charge is 0.245 e. The lowest BCUT2D eigenvalue weighted by molar-refractivity contribution is -0.130. The van der Waals surface area contributed by atoms with Crippen LogP contribution < -0.4 is 0 Å². The second-order valence-electron chi connectivity index (χ2n) is 4.80. The van der Waals surface area contributed by atoms with Gasteiger partial charge < -0.3 is 4.90 Å². The average Bonchev–Trinajstić information content (AvgIpc) is 2.64. The Bertz CT molecular complexity index is 436. The molecule has 1 aliphatic rings. The van der Waals surface area contributed by atoms with Crippen LogP contribution in [0.4, 0.5) is 0 Å². The molecule has 1 aromatic rings. The highest BCUT2D eigenvalue weighted by atomic mass is 35.5. The van der Waals surface area contributed by atoms with E-state index in [1.807, 2.05) is 4.90 Å². The van der Waals surface area contributed by atoms with E-state index in [9.17, 15) is 4.79 Å². The second-order valence-corrected chi connectivity index (χ2v) is 6.11. The fourth-order valence-electron chi connectivity index (χ4n) is 2.32. The number of carbonyl (C=O) groups excluding carboxylic acids is 1. The van der Waals surface area contributed by atoms with Crippen LogP contribution in [0.25, 0.3) is 0 Å². The van der Waals surface area contributed by atoms with Gasteiger partial charge in [-0.05, 0) is 36.6 Å². The molecule has 0 bridgehead atoms. The molecule has 1 fully saturated rings. The summed E-state index contributed by atoms with van der Waals surface area (Å²) < 4.78 is 0. The zero-order chi connectivity index (χ0) is 13.8. The van der Waals surface area contributed by atoms with Crippen molar-refractivity contribution in [3.05, 3.63) is 33.8 Å². The molecule has 5 heteroatoms. The van der Waals surface area contributed by atoms with Crippen molar-refractivity contribution in [1.29, 1.82) is 0 Å². The Morgan fingerprint density at radius 1 is 1.00 bits per heavy atom. The molecule has 0 N–H and O–H groups in total. The van der Waals surface area contributed by atoms with Gasteiger partial charge in [-0.3, -0.25) is 4.79 Å². The molecule has 0 saturated carbocycles. The van der Waals surface area contributed by atoms with E-state index in [0.29, 0.717) is 15.6 Å². The van der Waals surface area contributed by atoms with Gasteiger partial charge in [-0.2, -0.15) is 0 Å². The quantitative estimate of drug-likeness (QED) is 0.725. The van der Waals surface area contributed by atoms with E-state index in [-0.39, 0.29) is 5.91 Å². The highest BCUT2D eigenvalue weighted by Crippen LogP contribution is 2.29. The molecule has 0 aliphatic carbocycles. The van der Waals surface area contributed by atoms with Gasteiger partial charge in [0.05, 0.1) is 0 Å². The Labute approximate surface area is 128 Å². The van der Waals surface area contributed by atoms with Crippen molar-refractivity contribution in [3.8, 4) is 0 Å². The van der Waals surface area contributed by atoms with Gasteiger partial charge in [0.1, 0.15) is 5.38 Å². The second kappa shape index (κ2) is 6.83. The first-order valence-corrected chi connectivity index (χ1v) is 7.66. The molecule has 1 aromatic carbocycles. The molecule has 1 aliphatic heterocycles. The number of hydrogen-bond acceptors (Lipinski definition) is 1. The predicted molar refractivity (Wildman–Crippen MR) is 80.1 cm³/mol. The minimum atomic E-state index is -0.714. The van der Waals surface area contributed by atoms with Gasteiger partial charge in [0, 0.05) is 23.1 Å². The van der Waals surface area contributed by atoms with Crippen LogP contribution in [0.15, 0.2) is 18.2 Å². The van der Waals surface area contributed by atoms with Crippen molar-refractivity contribution < 1.29 is 4.79 Å². The fourth-order valence-corrected chi connectivity index (χ4v) is 3.12. The van der Waals surface area contributed by atoms with E-state index < -0.39 is 5.38 Å². The lowest BCUT2D eigenvalue weighted by atomic mass is 10.1. The van der Waals surface area contributed by atoms with E-state index in [1.54, 1.807) is 18.2 Å². The number of carbonyl (C=O) groups is 1. The van der Waals surface area contributed by atoms with Crippen LogP contribution in [0, 0.1) is 0 Å². The van der Waals surface area contributed by atoms with Crippen molar-refractivity contribution in [3.63, 3.8) is 0 Å². The first kappa shape index (κ1) is 15.0. The molecular weight excluding hydrogens is 305 g/mol. The molecular formula is C14H16Cl3NO. The van der Waals surface area contributed by atoms with Crippen molar-refractivity contribution in [2.24, 2.45) is 0 Å². The van der Waals surface area contributed by atoms with Crippen LogP contribution >= 0.6 is 34.8 Å². The molecule has 0 aromatic heterocycles. The maximum absolute atomic E-state index is 12.4. The van der Waals surface area contributed by atoms with Crippen molar-refractivity contribution in [2.75, 3.05) is 13.1 Å². The first-order chi connectivity index (χ1) is 9.08. The number of benzene rings is 1. The van der Waals surface area contributed by atoms with Crippen molar-refractivity contribution in [2.45, 2.75) is 31.1 Å². The Morgan fingerprint density at radius 2 is 1.53 bits per heavy atom. The summed E-state index contributed by atoms with van der Waals surface area (Å²) in [7, 11) is 0. The number of halogens is 3. The summed E-state index contributed by atoms with van der Waals surface area (Å²) >= 11 is 18.2. The molecule has 104 valence electrons. The molecule has 1 amide bonds. The molecule has 2 rings (SSSR count). The van der Waals surface area contributed by atoms with Gasteiger partial charge in [0.2, 0.25) is 5.91 Å². The van der Waals surface area contributed by atoms with Crippen LogP contribution in [0.5, 0.6) is 0 Å². The molecule has 0 spiro atoms. The van der Waals surface area contributed by atoms with Crippen molar-refractivity contribution >= 4 is 40.7 Å². The summed E-state index contributed by atoms with van der Waals surface area (Å²) in [6.07, 6.45) is 4.46. The summed E-state index contributed by atoms with van der Waals surface area (Å²) in [5, 5.41) is 0.280. The minimum absolute atomic E-state index is 0.0538. The summed E-state index contributed by atoms with van der Waals surface area (Å²) in [5.41, 5.74) is 0.661. The maximum atomic E-state index is 12.4. The van der Waals surface area contributed by atoms with E-state index in [2.05, 4.69) is 0 Å². The fraction of sp³-hybridized carbons (Fsp3) is 0.500. The van der Waals surface area contributed by atoms with Crippen molar-refractivity contribution in [1.82, 2.24) is 4.90 Å². The monoisotopic (exact) mass is 319 g/mol. The summed E-state index contributed by atoms with van der Waals surface area (Å²) in [6, 6.07) is 5.02. The highest BCUT2D eigenvalue weighted by molar-refractivity contribution is 6.35. The zero-order valence-corrected chi connectivity index (χ0v) is 12.8. The van der Waals surface area contributed by atoms with Crippen LogP contribution in [0.1, 0.15) is 36.6 Å². The topological polar surface area (TPSA) is 20.3 Å². The number of nitrogens with zero attached hydrogens (tertiary/aromatic N) is 1. The SMILES string of the molecule is O=C(C(Cl)c1cc(Cl)cc(Cl)c1)N1CCCCCC1. The third kappa shape index (κ3) is 4.01. The van der Waals surface area contributed by atoms with Crippen LogP contribution in [-0.4, -0.2) is 23.9 Å². The molecule has 2 nitrogen and oxygen atoms in total. The average molecular weight is 321 g/mol. The van der Waals surface area contributed by atoms with Gasteiger partial charge in [-0.1, -0.05) is 36.0 Å². The summed E-state index contributed by atoms with van der Waals surface area (Å²) in [4.78, 5) is 14.2. The normalized spacial score (nSPS) is 17.9. The van der Waals surface area contributed by atoms with Gasteiger partial charge >= 0.3 is 0 Å². The Kier molecular flexibility index (Phi) is 5.37. The van der Waals surface area contributed by atoms with Gasteiger partial charge in [0.25, 0.3) is 0 Å². The number of amides is 1. The third-order valence-electron chi connectivity index (χ3n) is 3.31. The molecule has 1 atom stereocenters. The molecule has 1 unspecified atom stereocenters. The molecule has 19 heavy (non-hydrogen) atoms. The lowest BCUT2D eigenvalue weighted by Crippen LogP contribution is -2.34. The maximum Gasteiger partial charge on any atom is 0.245 e. The summed E-state index contributed by atoms with van der Waals surface area (Å²) in [5.74, 6) is -0.0538. The van der Waals surface area contributed by atoms with E-state index in [1.165, 1.54) is 12.8 Å². The largest absolute Gasteiger partial charge is 0.341 e. The van der Waals surface area contributed by atoms with Crippen LogP contribution in [0.2, 0.25) is 10.0 Å². The van der Waals surface area contributed by atoms with Gasteiger partial charge in [0.15, 0.2) is 0 Å². The van der Waals surface area contributed by atoms with Gasteiger partial charge in [-0.25, -0.2) is 0 Å². The molecule has 1 heterocycles. The Balaban J connectivity index is 2.13. The number of hydrogen-bond donors (Lipinski definition) is 0. The van der Waals surface area contributed by atoms with Crippen LogP contribution in [0.3, 0.4) is 0 Å². The Hall–Kier alpha value is -0.440. The first-order valence-electron chi connectivity index (χ1n) is 6.47. The lowest BCUT2D eigenvalue weighted by Gasteiger charge is -2.23. The Morgan fingerprint density at radius 3 is 2.05 bits per heavy atom. The summed E-state index contributed by atoms with van der Waals surface area (Å²) in [6.45, 7) is 1.58. The predicted octanol–water partition coefficient (Wildman–Crippen LogP) is 4.68. The number of likely N-dealkylation sites (tertiary alicyclic amines) is 1. The number of rotatable bonds is 2. The third-order valence-corrected chi connectivity index (χ3v) is 4.19. The minimum Gasteiger partial charge on any atom is -0.341 e.